The molecular formula is C14H16BrClN4. The molecule has 106 valence electrons. The molecule has 0 atom stereocenters. The van der Waals surface area contributed by atoms with Crippen molar-refractivity contribution in [3.05, 3.63) is 45.1 Å². The van der Waals surface area contributed by atoms with Gasteiger partial charge in [-0.3, -0.25) is 0 Å². The van der Waals surface area contributed by atoms with Crippen molar-refractivity contribution >= 4 is 27.5 Å². The van der Waals surface area contributed by atoms with E-state index >= 15 is 0 Å². The fourth-order valence-corrected chi connectivity index (χ4v) is 2.78. The Morgan fingerprint density at radius 2 is 2.25 bits per heavy atom. The van der Waals surface area contributed by atoms with Gasteiger partial charge in [0.05, 0.1) is 18.4 Å². The third-order valence-corrected chi connectivity index (χ3v) is 4.21. The second kappa shape index (κ2) is 6.24. The molecule has 0 bridgehead atoms. The van der Waals surface area contributed by atoms with Gasteiger partial charge in [0, 0.05) is 16.0 Å². The molecule has 0 amide bonds. The van der Waals surface area contributed by atoms with Gasteiger partial charge in [0.1, 0.15) is 0 Å². The van der Waals surface area contributed by atoms with E-state index in [-0.39, 0.29) is 0 Å². The monoisotopic (exact) mass is 354 g/mol. The number of rotatable bonds is 6. The van der Waals surface area contributed by atoms with Gasteiger partial charge in [-0.1, -0.05) is 38.8 Å². The molecule has 3 rings (SSSR count). The Kier molecular flexibility index (Phi) is 4.38. The van der Waals surface area contributed by atoms with Crippen LogP contribution >= 0.6 is 27.5 Å². The fourth-order valence-electron chi connectivity index (χ4n) is 2.05. The highest BCUT2D eigenvalue weighted by Crippen LogP contribution is 2.27. The Balaban J connectivity index is 1.58. The fraction of sp³-hybridized carbons (Fsp3) is 0.429. The molecular weight excluding hydrogens is 340 g/mol. The first-order valence-electron chi connectivity index (χ1n) is 6.74. The SMILES string of the molecule is Clc1cc(Br)ccc1Cn1cc(CNCC2CC2)nn1. The molecule has 2 aromatic rings. The largest absolute Gasteiger partial charge is 0.311 e. The topological polar surface area (TPSA) is 42.7 Å². The lowest BCUT2D eigenvalue weighted by Gasteiger charge is -2.04. The second-order valence-corrected chi connectivity index (χ2v) is 6.54. The van der Waals surface area contributed by atoms with Crippen LogP contribution in [0.3, 0.4) is 0 Å². The van der Waals surface area contributed by atoms with Crippen LogP contribution in [0, 0.1) is 5.92 Å². The van der Waals surface area contributed by atoms with Crippen molar-refractivity contribution in [2.45, 2.75) is 25.9 Å². The summed E-state index contributed by atoms with van der Waals surface area (Å²) in [5, 5.41) is 12.5. The standard InChI is InChI=1S/C14H16BrClN4/c15-12-4-3-11(14(16)5-12)8-20-9-13(18-19-20)7-17-6-10-1-2-10/h3-5,9-10,17H,1-2,6-8H2. The highest BCUT2D eigenvalue weighted by atomic mass is 79.9. The average molecular weight is 356 g/mol. The predicted octanol–water partition coefficient (Wildman–Crippen LogP) is 3.24. The Morgan fingerprint density at radius 3 is 3.00 bits per heavy atom. The van der Waals surface area contributed by atoms with Gasteiger partial charge < -0.3 is 5.32 Å². The lowest BCUT2D eigenvalue weighted by atomic mass is 10.2. The van der Waals surface area contributed by atoms with Crippen molar-refractivity contribution in [2.75, 3.05) is 6.54 Å². The van der Waals surface area contributed by atoms with Crippen LogP contribution in [-0.4, -0.2) is 21.5 Å². The molecule has 1 aromatic carbocycles. The summed E-state index contributed by atoms with van der Waals surface area (Å²) in [4.78, 5) is 0. The minimum absolute atomic E-state index is 0.641. The smallest absolute Gasteiger partial charge is 0.0964 e. The van der Waals surface area contributed by atoms with Crippen LogP contribution in [0.15, 0.2) is 28.9 Å². The summed E-state index contributed by atoms with van der Waals surface area (Å²) in [6.45, 7) is 2.51. The van der Waals surface area contributed by atoms with E-state index in [0.29, 0.717) is 6.54 Å². The van der Waals surface area contributed by atoms with E-state index in [9.17, 15) is 0 Å². The highest BCUT2D eigenvalue weighted by molar-refractivity contribution is 9.10. The molecule has 0 unspecified atom stereocenters. The van der Waals surface area contributed by atoms with Gasteiger partial charge in [-0.25, -0.2) is 4.68 Å². The molecule has 1 heterocycles. The van der Waals surface area contributed by atoms with Gasteiger partial charge in [-0.15, -0.1) is 5.10 Å². The van der Waals surface area contributed by atoms with Crippen LogP contribution in [0.25, 0.3) is 0 Å². The maximum atomic E-state index is 6.21. The quantitative estimate of drug-likeness (QED) is 0.865. The molecule has 1 saturated carbocycles. The van der Waals surface area contributed by atoms with Crippen LogP contribution in [0.2, 0.25) is 5.02 Å². The molecule has 0 aliphatic heterocycles. The van der Waals surface area contributed by atoms with Gasteiger partial charge >= 0.3 is 0 Å². The Labute approximate surface area is 131 Å². The molecule has 1 aliphatic carbocycles. The molecule has 1 aliphatic rings. The first-order valence-corrected chi connectivity index (χ1v) is 7.91. The number of nitrogens with zero attached hydrogens (tertiary/aromatic N) is 3. The van der Waals surface area contributed by atoms with E-state index in [0.717, 1.165) is 39.8 Å². The van der Waals surface area contributed by atoms with Crippen molar-refractivity contribution < 1.29 is 0 Å². The third kappa shape index (κ3) is 3.81. The van der Waals surface area contributed by atoms with Gasteiger partial charge in [0.15, 0.2) is 0 Å². The van der Waals surface area contributed by atoms with Crippen LogP contribution < -0.4 is 5.32 Å². The number of hydrogen-bond donors (Lipinski definition) is 1. The second-order valence-electron chi connectivity index (χ2n) is 5.22. The summed E-state index contributed by atoms with van der Waals surface area (Å²) in [5.74, 6) is 0.881. The highest BCUT2D eigenvalue weighted by Gasteiger charge is 2.20. The normalized spacial score (nSPS) is 14.7. The molecule has 0 radical (unpaired) electrons. The molecule has 6 heteroatoms. The Hall–Kier alpha value is -0.910. The Morgan fingerprint density at radius 1 is 1.40 bits per heavy atom. The number of benzene rings is 1. The third-order valence-electron chi connectivity index (χ3n) is 3.37. The predicted molar refractivity (Wildman–Crippen MR) is 82.7 cm³/mol. The van der Waals surface area contributed by atoms with E-state index < -0.39 is 0 Å². The van der Waals surface area contributed by atoms with Crippen LogP contribution in [0.4, 0.5) is 0 Å². The first-order chi connectivity index (χ1) is 9.70. The van der Waals surface area contributed by atoms with E-state index in [1.807, 2.05) is 29.1 Å². The number of hydrogen-bond acceptors (Lipinski definition) is 3. The van der Waals surface area contributed by atoms with Crippen molar-refractivity contribution in [1.29, 1.82) is 0 Å². The minimum Gasteiger partial charge on any atom is -0.311 e. The van der Waals surface area contributed by atoms with Crippen molar-refractivity contribution in [3.8, 4) is 0 Å². The maximum absolute atomic E-state index is 6.21. The zero-order chi connectivity index (χ0) is 13.9. The molecule has 4 nitrogen and oxygen atoms in total. The summed E-state index contributed by atoms with van der Waals surface area (Å²) < 4.78 is 2.80. The summed E-state index contributed by atoms with van der Waals surface area (Å²) in [7, 11) is 0. The number of aromatic nitrogens is 3. The van der Waals surface area contributed by atoms with Crippen molar-refractivity contribution in [3.63, 3.8) is 0 Å². The van der Waals surface area contributed by atoms with E-state index in [2.05, 4.69) is 31.6 Å². The first kappa shape index (κ1) is 14.0. The zero-order valence-electron chi connectivity index (χ0n) is 11.0. The van der Waals surface area contributed by atoms with Crippen LogP contribution in [0.1, 0.15) is 24.1 Å². The van der Waals surface area contributed by atoms with Crippen LogP contribution in [-0.2, 0) is 13.1 Å². The molecule has 20 heavy (non-hydrogen) atoms. The van der Waals surface area contributed by atoms with E-state index in [1.54, 1.807) is 0 Å². The summed E-state index contributed by atoms with van der Waals surface area (Å²) in [5.41, 5.74) is 2.01. The van der Waals surface area contributed by atoms with E-state index in [1.165, 1.54) is 12.8 Å². The zero-order valence-corrected chi connectivity index (χ0v) is 13.4. The maximum Gasteiger partial charge on any atom is 0.0964 e. The summed E-state index contributed by atoms with van der Waals surface area (Å²) in [6, 6.07) is 5.88. The lowest BCUT2D eigenvalue weighted by molar-refractivity contribution is 0.627. The summed E-state index contributed by atoms with van der Waals surface area (Å²) >= 11 is 9.61. The molecule has 1 fully saturated rings. The van der Waals surface area contributed by atoms with Gasteiger partial charge in [-0.2, -0.15) is 0 Å². The average Bonchev–Trinajstić information content (AvgIpc) is 3.12. The van der Waals surface area contributed by atoms with Gasteiger partial charge in [-0.05, 0) is 43.0 Å². The lowest BCUT2D eigenvalue weighted by Crippen LogP contribution is -2.16. The van der Waals surface area contributed by atoms with Gasteiger partial charge in [0.2, 0.25) is 0 Å². The summed E-state index contributed by atoms with van der Waals surface area (Å²) in [6.07, 6.45) is 4.70. The number of nitrogens with one attached hydrogen (secondary N) is 1. The minimum atomic E-state index is 0.641. The van der Waals surface area contributed by atoms with Crippen LogP contribution in [0.5, 0.6) is 0 Å². The van der Waals surface area contributed by atoms with E-state index in [4.69, 9.17) is 11.6 Å². The molecule has 0 saturated heterocycles. The number of halogens is 2. The van der Waals surface area contributed by atoms with Crippen molar-refractivity contribution in [1.82, 2.24) is 20.3 Å². The molecule has 1 N–H and O–H groups in total. The van der Waals surface area contributed by atoms with Crippen molar-refractivity contribution in [2.24, 2.45) is 5.92 Å². The van der Waals surface area contributed by atoms with Gasteiger partial charge in [0.25, 0.3) is 0 Å². The Bertz CT molecular complexity index is 595. The molecule has 1 aromatic heterocycles. The molecule has 0 spiro atoms.